The quantitative estimate of drug-likeness (QED) is 0.458. The van der Waals surface area contributed by atoms with Gasteiger partial charge in [-0.05, 0) is 43.2 Å². The fourth-order valence-electron chi connectivity index (χ4n) is 3.53. The first kappa shape index (κ1) is 25.9. The number of hydrogen-bond acceptors (Lipinski definition) is 6. The molecule has 0 atom stereocenters. The molecule has 2 amide bonds. The van der Waals surface area contributed by atoms with Crippen LogP contribution in [0, 0.1) is 0 Å². The molecule has 14 heteroatoms. The number of benzene rings is 1. The van der Waals surface area contributed by atoms with E-state index in [9.17, 15) is 35.9 Å². The number of nitrogens with one attached hydrogen (secondary N) is 2. The monoisotopic (exact) mass is 524 g/mol. The van der Waals surface area contributed by atoms with E-state index < -0.39 is 46.5 Å². The highest BCUT2D eigenvalue weighted by molar-refractivity contribution is 6.06. The number of rotatable bonds is 6. The Kier molecular flexibility index (Phi) is 6.52. The maximum atomic E-state index is 13.4. The van der Waals surface area contributed by atoms with Gasteiger partial charge in [-0.2, -0.15) is 26.3 Å². The van der Waals surface area contributed by atoms with Crippen molar-refractivity contribution in [3.05, 3.63) is 71.9 Å². The summed E-state index contributed by atoms with van der Waals surface area (Å²) in [6.45, 7) is 0. The molecule has 2 heterocycles. The summed E-state index contributed by atoms with van der Waals surface area (Å²) >= 11 is 0. The van der Waals surface area contributed by atoms with Gasteiger partial charge in [0.1, 0.15) is 17.7 Å². The van der Waals surface area contributed by atoms with Crippen molar-refractivity contribution >= 4 is 29.0 Å². The predicted octanol–water partition coefficient (Wildman–Crippen LogP) is 4.58. The molecule has 0 bridgehead atoms. The number of pyridine rings is 1. The van der Waals surface area contributed by atoms with Crippen LogP contribution < -0.4 is 15.5 Å². The normalized spacial score (nSPS) is 14.6. The number of hydrogen-bond donors (Lipinski definition) is 2. The first-order valence-corrected chi connectivity index (χ1v) is 10.7. The van der Waals surface area contributed by atoms with Gasteiger partial charge in [-0.1, -0.05) is 0 Å². The van der Waals surface area contributed by atoms with Crippen molar-refractivity contribution in [1.29, 1.82) is 0 Å². The molecule has 0 aliphatic heterocycles. The van der Waals surface area contributed by atoms with Crippen LogP contribution in [0.3, 0.4) is 0 Å². The van der Waals surface area contributed by atoms with Gasteiger partial charge >= 0.3 is 12.4 Å². The van der Waals surface area contributed by atoms with E-state index in [1.807, 2.05) is 0 Å². The molecular formula is C23H18F6N6O2. The zero-order valence-corrected chi connectivity index (χ0v) is 19.0. The second-order valence-corrected chi connectivity index (χ2v) is 8.31. The summed E-state index contributed by atoms with van der Waals surface area (Å²) in [6, 6.07) is 3.93. The minimum atomic E-state index is -5.04. The SMILES string of the molecule is CN(C(=O)C1(NC(=O)c2cncnc2)CC1)c1ccc(Nc2ccc(C(F)(F)F)cc2C(F)(F)F)cn1. The molecule has 3 aromatic rings. The highest BCUT2D eigenvalue weighted by Crippen LogP contribution is 2.41. The average molecular weight is 524 g/mol. The number of carbonyl (C=O) groups is 2. The zero-order chi connectivity index (χ0) is 27.0. The summed E-state index contributed by atoms with van der Waals surface area (Å²) < 4.78 is 78.8. The van der Waals surface area contributed by atoms with Gasteiger partial charge in [0.05, 0.1) is 34.3 Å². The van der Waals surface area contributed by atoms with Crippen LogP contribution in [0.4, 0.5) is 43.5 Å². The number of likely N-dealkylation sites (N-methyl/N-ethyl adjacent to an activating group) is 1. The molecule has 1 aliphatic carbocycles. The Hall–Kier alpha value is -4.23. The standard InChI is InChI=1S/C23H18F6N6O2/c1-35(20(37)21(6-7-21)34-19(36)13-9-30-12-31-10-13)18-5-3-15(11-32-18)33-17-4-2-14(22(24,25)26)8-16(17)23(27,28)29/h2-5,8-12,33H,6-7H2,1H3,(H,34,36). The maximum absolute atomic E-state index is 13.4. The van der Waals surface area contributed by atoms with Crippen molar-refractivity contribution in [1.82, 2.24) is 20.3 Å². The lowest BCUT2D eigenvalue weighted by Gasteiger charge is -2.24. The smallest absolute Gasteiger partial charge is 0.354 e. The van der Waals surface area contributed by atoms with Crippen LogP contribution in [0.1, 0.15) is 34.3 Å². The van der Waals surface area contributed by atoms with Crippen molar-refractivity contribution in [3.63, 3.8) is 0 Å². The lowest BCUT2D eigenvalue weighted by Crippen LogP contribution is -2.50. The molecule has 0 saturated heterocycles. The zero-order valence-electron chi connectivity index (χ0n) is 19.0. The summed E-state index contributed by atoms with van der Waals surface area (Å²) in [5, 5.41) is 5.09. The van der Waals surface area contributed by atoms with E-state index in [1.165, 1.54) is 42.8 Å². The Morgan fingerprint density at radius 2 is 1.62 bits per heavy atom. The van der Waals surface area contributed by atoms with Gasteiger partial charge in [-0.25, -0.2) is 15.0 Å². The van der Waals surface area contributed by atoms with Crippen molar-refractivity contribution in [3.8, 4) is 0 Å². The van der Waals surface area contributed by atoms with Crippen LogP contribution in [-0.2, 0) is 17.1 Å². The van der Waals surface area contributed by atoms with Crippen molar-refractivity contribution in [2.24, 2.45) is 0 Å². The first-order valence-electron chi connectivity index (χ1n) is 10.7. The average Bonchev–Trinajstić information content (AvgIpc) is 3.63. The molecule has 1 fully saturated rings. The Morgan fingerprint density at radius 3 is 2.16 bits per heavy atom. The number of anilines is 3. The molecular weight excluding hydrogens is 506 g/mol. The van der Waals surface area contributed by atoms with Crippen molar-refractivity contribution in [2.75, 3.05) is 17.3 Å². The van der Waals surface area contributed by atoms with Gasteiger partial charge in [-0.15, -0.1) is 0 Å². The second kappa shape index (κ2) is 9.33. The second-order valence-electron chi connectivity index (χ2n) is 8.31. The minimum absolute atomic E-state index is 0.0293. The van der Waals surface area contributed by atoms with Gasteiger partial charge in [0, 0.05) is 19.4 Å². The highest BCUT2D eigenvalue weighted by atomic mass is 19.4. The molecule has 1 aliphatic rings. The van der Waals surface area contributed by atoms with Crippen LogP contribution in [0.25, 0.3) is 0 Å². The largest absolute Gasteiger partial charge is 0.418 e. The van der Waals surface area contributed by atoms with Crippen LogP contribution in [0.2, 0.25) is 0 Å². The van der Waals surface area contributed by atoms with Gasteiger partial charge in [0.2, 0.25) is 0 Å². The summed E-state index contributed by atoms with van der Waals surface area (Å²) in [5.41, 5.74) is -4.42. The number of nitrogens with zero attached hydrogens (tertiary/aromatic N) is 4. The number of halogens is 6. The Labute approximate surface area is 205 Å². The van der Waals surface area contributed by atoms with E-state index in [0.717, 1.165) is 6.20 Å². The molecule has 4 rings (SSSR count). The van der Waals surface area contributed by atoms with Crippen LogP contribution in [-0.4, -0.2) is 39.4 Å². The lowest BCUT2D eigenvalue weighted by atomic mass is 10.1. The number of amides is 2. The van der Waals surface area contributed by atoms with Crippen LogP contribution in [0.15, 0.2) is 55.2 Å². The van der Waals surface area contributed by atoms with E-state index in [2.05, 4.69) is 25.6 Å². The van der Waals surface area contributed by atoms with E-state index in [0.29, 0.717) is 25.0 Å². The molecule has 8 nitrogen and oxygen atoms in total. The summed E-state index contributed by atoms with van der Waals surface area (Å²) in [4.78, 5) is 38.3. The van der Waals surface area contributed by atoms with Crippen molar-refractivity contribution < 1.29 is 35.9 Å². The topological polar surface area (TPSA) is 100 Å². The molecule has 2 N–H and O–H groups in total. The Morgan fingerprint density at radius 1 is 0.946 bits per heavy atom. The molecule has 0 radical (unpaired) electrons. The Bertz CT molecular complexity index is 1310. The van der Waals surface area contributed by atoms with Gasteiger partial charge in [0.15, 0.2) is 0 Å². The fraction of sp³-hybridized carbons (Fsp3) is 0.261. The molecule has 0 spiro atoms. The minimum Gasteiger partial charge on any atom is -0.354 e. The molecule has 1 aromatic carbocycles. The third-order valence-electron chi connectivity index (χ3n) is 5.66. The number of aromatic nitrogens is 3. The molecule has 2 aromatic heterocycles. The lowest BCUT2D eigenvalue weighted by molar-refractivity contribution is -0.142. The summed E-state index contributed by atoms with van der Waals surface area (Å²) in [7, 11) is 1.42. The van der Waals surface area contributed by atoms with E-state index >= 15 is 0 Å². The predicted molar refractivity (Wildman–Crippen MR) is 119 cm³/mol. The van der Waals surface area contributed by atoms with E-state index in [-0.39, 0.29) is 23.1 Å². The van der Waals surface area contributed by atoms with Crippen LogP contribution in [0.5, 0.6) is 0 Å². The van der Waals surface area contributed by atoms with Crippen LogP contribution >= 0.6 is 0 Å². The third-order valence-corrected chi connectivity index (χ3v) is 5.66. The van der Waals surface area contributed by atoms with E-state index in [4.69, 9.17) is 0 Å². The van der Waals surface area contributed by atoms with Gasteiger partial charge in [0.25, 0.3) is 11.8 Å². The van der Waals surface area contributed by atoms with Crippen molar-refractivity contribution in [2.45, 2.75) is 30.7 Å². The number of alkyl halides is 6. The van der Waals surface area contributed by atoms with Gasteiger partial charge in [-0.3, -0.25) is 14.5 Å². The molecule has 194 valence electrons. The number of carbonyl (C=O) groups excluding carboxylic acids is 2. The highest BCUT2D eigenvalue weighted by Gasteiger charge is 2.53. The van der Waals surface area contributed by atoms with Gasteiger partial charge < -0.3 is 10.6 Å². The molecule has 37 heavy (non-hydrogen) atoms. The maximum Gasteiger partial charge on any atom is 0.418 e. The molecule has 0 unspecified atom stereocenters. The third kappa shape index (κ3) is 5.62. The summed E-state index contributed by atoms with van der Waals surface area (Å²) in [6.07, 6.45) is -4.19. The molecule has 1 saturated carbocycles. The summed E-state index contributed by atoms with van der Waals surface area (Å²) in [5.74, 6) is -0.833. The first-order chi connectivity index (χ1) is 17.3. The van der Waals surface area contributed by atoms with E-state index in [1.54, 1.807) is 0 Å². The fourth-order valence-corrected chi connectivity index (χ4v) is 3.53. The Balaban J connectivity index is 1.48.